The van der Waals surface area contributed by atoms with Gasteiger partial charge >= 0.3 is 0 Å². The third-order valence-electron chi connectivity index (χ3n) is 3.64. The number of carbonyl (C=O) groups excluding carboxylic acids is 1. The molecule has 15 heavy (non-hydrogen) atoms. The molecule has 0 unspecified atom stereocenters. The van der Waals surface area contributed by atoms with Crippen LogP contribution in [-0.2, 0) is 4.79 Å². The predicted molar refractivity (Wildman–Crippen MR) is 61.9 cm³/mol. The van der Waals surface area contributed by atoms with Gasteiger partial charge in [-0.1, -0.05) is 6.42 Å². The molecule has 2 nitrogen and oxygen atoms in total. The molecular weight excluding hydrogens is 210 g/mol. The smallest absolute Gasteiger partial charge is 0.241 e. The molecule has 3 heteroatoms. The fraction of sp³-hybridized carbons (Fsp3) is 0.917. The van der Waals surface area contributed by atoms with Crippen molar-refractivity contribution in [1.82, 2.24) is 5.32 Å². The topological polar surface area (TPSA) is 29.1 Å². The Hall–Kier alpha value is -0.240. The average molecular weight is 230 g/mol. The molecule has 0 aromatic rings. The van der Waals surface area contributed by atoms with E-state index in [0.717, 1.165) is 19.3 Å². The summed E-state index contributed by atoms with van der Waals surface area (Å²) in [5, 5.41) is 3.02. The van der Waals surface area contributed by atoms with Gasteiger partial charge in [-0.15, -0.1) is 11.6 Å². The molecule has 1 amide bonds. The minimum absolute atomic E-state index is 0.0452. The lowest BCUT2D eigenvalue weighted by Crippen LogP contribution is -2.52. The van der Waals surface area contributed by atoms with E-state index in [-0.39, 0.29) is 11.4 Å². The standard InChI is InChI=1S/C12H20ClNO/c1-11(2,3)14-10(15)12(13)7-8-4-5-9(12)6-8/h8-9H,4-7H2,1-3H3,(H,14,15)/t8-,9-,12-/m0/s1. The Bertz CT molecular complexity index is 284. The minimum Gasteiger partial charge on any atom is -0.350 e. The summed E-state index contributed by atoms with van der Waals surface area (Å²) in [6.07, 6.45) is 4.43. The Morgan fingerprint density at radius 3 is 2.47 bits per heavy atom. The van der Waals surface area contributed by atoms with Crippen LogP contribution >= 0.6 is 11.6 Å². The van der Waals surface area contributed by atoms with Crippen LogP contribution in [0.4, 0.5) is 0 Å². The highest BCUT2D eigenvalue weighted by Gasteiger charge is 2.54. The Morgan fingerprint density at radius 2 is 2.07 bits per heavy atom. The lowest BCUT2D eigenvalue weighted by Gasteiger charge is -2.33. The van der Waals surface area contributed by atoms with Crippen molar-refractivity contribution >= 4 is 17.5 Å². The number of amides is 1. The molecular formula is C12H20ClNO. The largest absolute Gasteiger partial charge is 0.350 e. The first-order valence-electron chi connectivity index (χ1n) is 5.83. The molecule has 0 radical (unpaired) electrons. The Labute approximate surface area is 96.8 Å². The number of hydrogen-bond acceptors (Lipinski definition) is 1. The van der Waals surface area contributed by atoms with E-state index >= 15 is 0 Å². The SMILES string of the molecule is CC(C)(C)NC(=O)[C@]1(Cl)C[C@H]2CC[C@H]1C2. The third-order valence-corrected chi connectivity index (χ3v) is 4.27. The van der Waals surface area contributed by atoms with Gasteiger partial charge in [-0.3, -0.25) is 4.79 Å². The van der Waals surface area contributed by atoms with Gasteiger partial charge in [0, 0.05) is 5.54 Å². The van der Waals surface area contributed by atoms with Crippen LogP contribution in [0.2, 0.25) is 0 Å². The Morgan fingerprint density at radius 1 is 1.40 bits per heavy atom. The van der Waals surface area contributed by atoms with Crippen molar-refractivity contribution in [3.63, 3.8) is 0 Å². The molecule has 0 spiro atoms. The summed E-state index contributed by atoms with van der Waals surface area (Å²) in [5.41, 5.74) is -0.180. The minimum atomic E-state index is -0.601. The van der Waals surface area contributed by atoms with E-state index in [1.54, 1.807) is 0 Å². The molecule has 86 valence electrons. The van der Waals surface area contributed by atoms with Crippen LogP contribution < -0.4 is 5.32 Å². The lowest BCUT2D eigenvalue weighted by atomic mass is 9.86. The van der Waals surface area contributed by atoms with Crippen LogP contribution in [0.1, 0.15) is 46.5 Å². The third kappa shape index (κ3) is 2.01. The first kappa shape index (κ1) is 11.3. The van der Waals surface area contributed by atoms with E-state index in [0.29, 0.717) is 11.8 Å². The van der Waals surface area contributed by atoms with Gasteiger partial charge in [0.15, 0.2) is 0 Å². The van der Waals surface area contributed by atoms with Gasteiger partial charge in [-0.2, -0.15) is 0 Å². The van der Waals surface area contributed by atoms with Crippen molar-refractivity contribution in [1.29, 1.82) is 0 Å². The van der Waals surface area contributed by atoms with E-state index in [9.17, 15) is 4.79 Å². The zero-order chi connectivity index (χ0) is 11.3. The van der Waals surface area contributed by atoms with E-state index in [1.165, 1.54) is 6.42 Å². The molecule has 0 saturated heterocycles. The second-order valence-electron chi connectivity index (χ2n) is 6.15. The van der Waals surface area contributed by atoms with Gasteiger partial charge in [0.05, 0.1) is 0 Å². The molecule has 0 aliphatic heterocycles. The summed E-state index contributed by atoms with van der Waals surface area (Å²) < 4.78 is 0. The van der Waals surface area contributed by atoms with Crippen molar-refractivity contribution in [3.05, 3.63) is 0 Å². The summed E-state index contributed by atoms with van der Waals surface area (Å²) in [5.74, 6) is 1.15. The second-order valence-corrected chi connectivity index (χ2v) is 6.82. The number of alkyl halides is 1. The fourth-order valence-corrected chi connectivity index (χ4v) is 3.45. The molecule has 1 N–H and O–H groups in total. The zero-order valence-corrected chi connectivity index (χ0v) is 10.5. The molecule has 2 bridgehead atoms. The quantitative estimate of drug-likeness (QED) is 0.689. The zero-order valence-electron chi connectivity index (χ0n) is 9.77. The Kier molecular flexibility index (Phi) is 2.53. The molecule has 2 saturated carbocycles. The molecule has 2 aliphatic carbocycles. The first-order valence-corrected chi connectivity index (χ1v) is 6.20. The van der Waals surface area contributed by atoms with E-state index in [2.05, 4.69) is 5.32 Å². The number of nitrogens with one attached hydrogen (secondary N) is 1. The van der Waals surface area contributed by atoms with Gasteiger partial charge in [-0.05, 0) is 51.9 Å². The number of halogens is 1. The van der Waals surface area contributed by atoms with E-state index in [1.807, 2.05) is 20.8 Å². The van der Waals surface area contributed by atoms with Gasteiger partial charge < -0.3 is 5.32 Å². The highest BCUT2D eigenvalue weighted by atomic mass is 35.5. The predicted octanol–water partition coefficient (Wildman–Crippen LogP) is 2.70. The molecule has 2 rings (SSSR count). The molecule has 3 atom stereocenters. The second kappa shape index (κ2) is 3.38. The summed E-state index contributed by atoms with van der Waals surface area (Å²) in [6.45, 7) is 6.00. The summed E-state index contributed by atoms with van der Waals surface area (Å²) in [4.78, 5) is 11.5. The molecule has 2 aliphatic rings. The van der Waals surface area contributed by atoms with Crippen molar-refractivity contribution in [2.75, 3.05) is 0 Å². The van der Waals surface area contributed by atoms with Gasteiger partial charge in [-0.25, -0.2) is 0 Å². The van der Waals surface area contributed by atoms with Crippen molar-refractivity contribution in [3.8, 4) is 0 Å². The van der Waals surface area contributed by atoms with Gasteiger partial charge in [0.2, 0.25) is 5.91 Å². The van der Waals surface area contributed by atoms with Crippen LogP contribution in [0.15, 0.2) is 0 Å². The van der Waals surface area contributed by atoms with Crippen LogP contribution in [0.25, 0.3) is 0 Å². The van der Waals surface area contributed by atoms with Crippen LogP contribution in [0.3, 0.4) is 0 Å². The molecule has 0 aromatic heterocycles. The van der Waals surface area contributed by atoms with Crippen molar-refractivity contribution in [2.45, 2.75) is 56.9 Å². The van der Waals surface area contributed by atoms with E-state index in [4.69, 9.17) is 11.6 Å². The maximum Gasteiger partial charge on any atom is 0.241 e. The molecule has 2 fully saturated rings. The highest BCUT2D eigenvalue weighted by Crippen LogP contribution is 2.54. The monoisotopic (exact) mass is 229 g/mol. The summed E-state index contributed by atoms with van der Waals surface area (Å²) >= 11 is 6.51. The average Bonchev–Trinajstić information content (AvgIpc) is 2.60. The normalized spacial score (nSPS) is 39.5. The van der Waals surface area contributed by atoms with Gasteiger partial charge in [0.25, 0.3) is 0 Å². The number of carbonyl (C=O) groups is 1. The first-order chi connectivity index (χ1) is 6.81. The summed E-state index contributed by atoms with van der Waals surface area (Å²) in [7, 11) is 0. The van der Waals surface area contributed by atoms with Crippen LogP contribution in [-0.4, -0.2) is 16.3 Å². The van der Waals surface area contributed by atoms with E-state index < -0.39 is 4.87 Å². The lowest BCUT2D eigenvalue weighted by molar-refractivity contribution is -0.126. The number of fused-ring (bicyclic) bond motifs is 2. The van der Waals surface area contributed by atoms with Crippen LogP contribution in [0.5, 0.6) is 0 Å². The highest BCUT2D eigenvalue weighted by molar-refractivity contribution is 6.35. The number of rotatable bonds is 1. The number of hydrogen-bond donors (Lipinski definition) is 1. The Balaban J connectivity index is 2.07. The van der Waals surface area contributed by atoms with Crippen molar-refractivity contribution in [2.24, 2.45) is 11.8 Å². The fourth-order valence-electron chi connectivity index (χ4n) is 2.99. The molecule has 0 aromatic carbocycles. The summed E-state index contributed by atoms with van der Waals surface area (Å²) in [6, 6.07) is 0. The van der Waals surface area contributed by atoms with Crippen LogP contribution in [0, 0.1) is 11.8 Å². The molecule has 0 heterocycles. The van der Waals surface area contributed by atoms with Gasteiger partial charge in [0.1, 0.15) is 4.87 Å². The maximum absolute atomic E-state index is 12.1. The van der Waals surface area contributed by atoms with Crippen molar-refractivity contribution < 1.29 is 4.79 Å². The maximum atomic E-state index is 12.1.